The van der Waals surface area contributed by atoms with Gasteiger partial charge in [0.25, 0.3) is 11.8 Å². The number of phenolic OH excluding ortho intramolecular Hbond substituents is 2. The number of nitrogens with zero attached hydrogens (tertiary/aromatic N) is 2. The zero-order chi connectivity index (χ0) is 22.5. The van der Waals surface area contributed by atoms with E-state index in [-0.39, 0.29) is 35.8 Å². The zero-order valence-electron chi connectivity index (χ0n) is 17.8. The maximum absolute atomic E-state index is 13.1. The van der Waals surface area contributed by atoms with E-state index in [9.17, 15) is 19.8 Å². The third-order valence-electron chi connectivity index (χ3n) is 5.32. The zero-order valence-corrected chi connectivity index (χ0v) is 17.8. The molecule has 3 N–H and O–H groups in total. The van der Waals surface area contributed by atoms with E-state index in [1.54, 1.807) is 18.0 Å². The van der Waals surface area contributed by atoms with E-state index in [2.05, 4.69) is 0 Å². The Balaban J connectivity index is 1.80. The van der Waals surface area contributed by atoms with Gasteiger partial charge >= 0.3 is 0 Å². The van der Waals surface area contributed by atoms with Crippen molar-refractivity contribution in [2.24, 2.45) is 0 Å². The fourth-order valence-corrected chi connectivity index (χ4v) is 3.56. The molecular formula is C23H28N2O6. The van der Waals surface area contributed by atoms with Crippen LogP contribution in [0.4, 0.5) is 0 Å². The second-order valence-corrected chi connectivity index (χ2v) is 7.63. The SMILES string of the molecule is CCCCN(C)C(=O)c1cc(C(=O)N2Cc3ccc(OCCO)cc3C2)c(O)cc1O. The van der Waals surface area contributed by atoms with Crippen LogP contribution in [0.15, 0.2) is 30.3 Å². The average Bonchev–Trinajstić information content (AvgIpc) is 3.18. The highest BCUT2D eigenvalue weighted by molar-refractivity contribution is 6.03. The van der Waals surface area contributed by atoms with Crippen molar-refractivity contribution in [1.29, 1.82) is 0 Å². The molecule has 0 atom stereocenters. The summed E-state index contributed by atoms with van der Waals surface area (Å²) in [5.41, 5.74) is 1.82. The Morgan fingerprint density at radius 1 is 1.06 bits per heavy atom. The first-order valence-electron chi connectivity index (χ1n) is 10.3. The molecule has 31 heavy (non-hydrogen) atoms. The predicted octanol–water partition coefficient (Wildman–Crippen LogP) is 2.50. The summed E-state index contributed by atoms with van der Waals surface area (Å²) >= 11 is 0. The van der Waals surface area contributed by atoms with Crippen molar-refractivity contribution in [3.8, 4) is 17.2 Å². The van der Waals surface area contributed by atoms with Crippen molar-refractivity contribution >= 4 is 11.8 Å². The van der Waals surface area contributed by atoms with E-state index in [0.717, 1.165) is 30.0 Å². The maximum Gasteiger partial charge on any atom is 0.258 e. The van der Waals surface area contributed by atoms with Crippen LogP contribution in [0.3, 0.4) is 0 Å². The van der Waals surface area contributed by atoms with E-state index >= 15 is 0 Å². The van der Waals surface area contributed by atoms with Crippen LogP contribution in [0, 0.1) is 0 Å². The summed E-state index contributed by atoms with van der Waals surface area (Å²) in [7, 11) is 1.64. The summed E-state index contributed by atoms with van der Waals surface area (Å²) in [6, 6.07) is 7.77. The lowest BCUT2D eigenvalue weighted by molar-refractivity contribution is 0.0748. The van der Waals surface area contributed by atoms with Crippen LogP contribution in [-0.4, -0.2) is 63.7 Å². The lowest BCUT2D eigenvalue weighted by Gasteiger charge is -2.20. The molecule has 1 heterocycles. The van der Waals surface area contributed by atoms with Crippen molar-refractivity contribution < 1.29 is 29.6 Å². The number of aromatic hydroxyl groups is 2. The molecule has 166 valence electrons. The number of aliphatic hydroxyl groups is 1. The number of fused-ring (bicyclic) bond motifs is 1. The normalized spacial score (nSPS) is 12.5. The summed E-state index contributed by atoms with van der Waals surface area (Å²) in [4.78, 5) is 28.9. The molecule has 0 fully saturated rings. The molecule has 0 aliphatic carbocycles. The fraction of sp³-hybridized carbons (Fsp3) is 0.391. The van der Waals surface area contributed by atoms with Gasteiger partial charge in [0.15, 0.2) is 0 Å². The Labute approximate surface area is 181 Å². The predicted molar refractivity (Wildman–Crippen MR) is 114 cm³/mol. The highest BCUT2D eigenvalue weighted by atomic mass is 16.5. The minimum atomic E-state index is -0.434. The molecule has 0 spiro atoms. The van der Waals surface area contributed by atoms with Gasteiger partial charge in [-0.3, -0.25) is 9.59 Å². The number of ether oxygens (including phenoxy) is 1. The Morgan fingerprint density at radius 2 is 1.77 bits per heavy atom. The minimum absolute atomic E-state index is 0.0175. The van der Waals surface area contributed by atoms with Crippen molar-refractivity contribution in [3.05, 3.63) is 52.6 Å². The monoisotopic (exact) mass is 428 g/mol. The van der Waals surface area contributed by atoms with Gasteiger partial charge in [-0.2, -0.15) is 0 Å². The highest BCUT2D eigenvalue weighted by Crippen LogP contribution is 2.33. The van der Waals surface area contributed by atoms with Crippen molar-refractivity contribution in [2.45, 2.75) is 32.9 Å². The van der Waals surface area contributed by atoms with Gasteiger partial charge in [0.1, 0.15) is 23.9 Å². The average molecular weight is 428 g/mol. The van der Waals surface area contributed by atoms with Crippen molar-refractivity contribution in [1.82, 2.24) is 9.80 Å². The van der Waals surface area contributed by atoms with Crippen LogP contribution in [0.5, 0.6) is 17.2 Å². The van der Waals surface area contributed by atoms with Gasteiger partial charge in [-0.25, -0.2) is 0 Å². The second kappa shape index (κ2) is 9.70. The molecule has 0 aromatic heterocycles. The fourth-order valence-electron chi connectivity index (χ4n) is 3.56. The maximum atomic E-state index is 13.1. The number of phenols is 2. The molecule has 0 radical (unpaired) electrons. The Hall–Kier alpha value is -3.26. The van der Waals surface area contributed by atoms with Gasteiger partial charge in [0, 0.05) is 32.7 Å². The number of aliphatic hydroxyl groups excluding tert-OH is 1. The number of carbonyl (C=O) groups is 2. The second-order valence-electron chi connectivity index (χ2n) is 7.63. The van der Waals surface area contributed by atoms with Gasteiger partial charge in [-0.1, -0.05) is 19.4 Å². The number of unbranched alkanes of at least 4 members (excludes halogenated alkanes) is 1. The lowest BCUT2D eigenvalue weighted by Crippen LogP contribution is -2.29. The quantitative estimate of drug-likeness (QED) is 0.596. The van der Waals surface area contributed by atoms with Gasteiger partial charge < -0.3 is 29.9 Å². The van der Waals surface area contributed by atoms with E-state index in [1.165, 1.54) is 11.0 Å². The third-order valence-corrected chi connectivity index (χ3v) is 5.32. The molecule has 8 heteroatoms. The molecule has 2 aromatic carbocycles. The lowest BCUT2D eigenvalue weighted by atomic mass is 10.1. The third kappa shape index (κ3) is 4.91. The first-order valence-corrected chi connectivity index (χ1v) is 10.3. The summed E-state index contributed by atoms with van der Waals surface area (Å²) in [6.07, 6.45) is 1.74. The molecule has 2 aromatic rings. The number of carbonyl (C=O) groups excluding carboxylic acids is 2. The molecule has 3 rings (SSSR count). The summed E-state index contributed by atoms with van der Waals surface area (Å²) < 4.78 is 5.42. The molecule has 1 aliphatic heterocycles. The standard InChI is InChI=1S/C23H28N2O6/c1-3-4-7-24(2)22(29)18-11-19(21(28)12-20(18)27)23(30)25-13-15-5-6-17(31-9-8-26)10-16(15)14-25/h5-6,10-12,26-28H,3-4,7-9,13-14H2,1-2H3. The topological polar surface area (TPSA) is 111 Å². The van der Waals surface area contributed by atoms with Gasteiger partial charge in [0.2, 0.25) is 0 Å². The molecule has 8 nitrogen and oxygen atoms in total. The summed E-state index contributed by atoms with van der Waals surface area (Å²) in [5.74, 6) is -0.972. The number of hydrogen-bond donors (Lipinski definition) is 3. The molecular weight excluding hydrogens is 400 g/mol. The van der Waals surface area contributed by atoms with E-state index in [0.29, 0.717) is 25.4 Å². The number of benzene rings is 2. The number of amides is 2. The van der Waals surface area contributed by atoms with E-state index in [4.69, 9.17) is 9.84 Å². The van der Waals surface area contributed by atoms with Gasteiger partial charge in [0.05, 0.1) is 17.7 Å². The highest BCUT2D eigenvalue weighted by Gasteiger charge is 2.28. The molecule has 2 amide bonds. The minimum Gasteiger partial charge on any atom is -0.507 e. The Morgan fingerprint density at radius 3 is 2.48 bits per heavy atom. The van der Waals surface area contributed by atoms with Crippen LogP contribution in [0.2, 0.25) is 0 Å². The van der Waals surface area contributed by atoms with Crippen LogP contribution in [0.25, 0.3) is 0 Å². The van der Waals surface area contributed by atoms with Crippen LogP contribution in [-0.2, 0) is 13.1 Å². The first kappa shape index (κ1) is 22.4. The van der Waals surface area contributed by atoms with Crippen molar-refractivity contribution in [3.63, 3.8) is 0 Å². The van der Waals surface area contributed by atoms with Crippen molar-refractivity contribution in [2.75, 3.05) is 26.8 Å². The van der Waals surface area contributed by atoms with Crippen LogP contribution >= 0.6 is 0 Å². The molecule has 0 unspecified atom stereocenters. The largest absolute Gasteiger partial charge is 0.507 e. The summed E-state index contributed by atoms with van der Waals surface area (Å²) in [6.45, 7) is 3.33. The first-order chi connectivity index (χ1) is 14.8. The molecule has 0 saturated heterocycles. The van der Waals surface area contributed by atoms with Gasteiger partial charge in [-0.15, -0.1) is 0 Å². The van der Waals surface area contributed by atoms with Crippen LogP contribution in [0.1, 0.15) is 51.6 Å². The molecule has 0 saturated carbocycles. The molecule has 1 aliphatic rings. The van der Waals surface area contributed by atoms with E-state index in [1.807, 2.05) is 19.1 Å². The summed E-state index contributed by atoms with van der Waals surface area (Å²) in [5, 5.41) is 29.4. The smallest absolute Gasteiger partial charge is 0.258 e. The van der Waals surface area contributed by atoms with E-state index < -0.39 is 11.8 Å². The number of hydrogen-bond acceptors (Lipinski definition) is 6. The van der Waals surface area contributed by atoms with Crippen LogP contribution < -0.4 is 4.74 Å². The Bertz CT molecular complexity index is 975. The Kier molecular flexibility index (Phi) is 7.02. The van der Waals surface area contributed by atoms with Gasteiger partial charge in [-0.05, 0) is 35.7 Å². The molecule has 0 bridgehead atoms. The number of rotatable bonds is 8.